The van der Waals surface area contributed by atoms with E-state index in [9.17, 15) is 18.8 Å². The highest BCUT2D eigenvalue weighted by molar-refractivity contribution is 6.07. The molecule has 0 aromatic heterocycles. The van der Waals surface area contributed by atoms with Crippen molar-refractivity contribution in [1.82, 2.24) is 4.90 Å². The number of carbonyl (C=O) groups excluding carboxylic acids is 3. The van der Waals surface area contributed by atoms with Crippen molar-refractivity contribution in [1.29, 1.82) is 0 Å². The Morgan fingerprint density at radius 1 is 1.23 bits per heavy atom. The van der Waals surface area contributed by atoms with Crippen molar-refractivity contribution >= 4 is 17.8 Å². The molecular formula is C19H22FNO5. The summed E-state index contributed by atoms with van der Waals surface area (Å²) in [7, 11) is 1.36. The molecule has 1 saturated heterocycles. The molecule has 2 amide bonds. The maximum absolute atomic E-state index is 13.7. The minimum absolute atomic E-state index is 0.101. The maximum Gasteiger partial charge on any atom is 0.329 e. The summed E-state index contributed by atoms with van der Waals surface area (Å²) in [5.74, 6) is -2.29. The maximum atomic E-state index is 13.7. The summed E-state index contributed by atoms with van der Waals surface area (Å²) in [5, 5.41) is 0. The van der Waals surface area contributed by atoms with Crippen molar-refractivity contribution in [3.05, 3.63) is 29.6 Å². The van der Waals surface area contributed by atoms with E-state index in [0.717, 1.165) is 17.7 Å². The molecule has 1 heterocycles. The molecule has 6 nitrogen and oxygen atoms in total. The third kappa shape index (κ3) is 3.30. The van der Waals surface area contributed by atoms with Gasteiger partial charge in [0.05, 0.1) is 18.9 Å². The number of rotatable bonds is 5. The molecule has 2 fully saturated rings. The van der Waals surface area contributed by atoms with Crippen LogP contribution in [0.2, 0.25) is 0 Å². The largest absolute Gasteiger partial charge is 0.494 e. The molecule has 1 aromatic carbocycles. The molecule has 1 aliphatic heterocycles. The van der Waals surface area contributed by atoms with Crippen molar-refractivity contribution in [2.45, 2.75) is 45.3 Å². The van der Waals surface area contributed by atoms with Crippen LogP contribution in [0.15, 0.2) is 18.2 Å². The van der Waals surface area contributed by atoms with Crippen LogP contribution in [0.3, 0.4) is 0 Å². The van der Waals surface area contributed by atoms with Gasteiger partial charge in [-0.1, -0.05) is 18.9 Å². The van der Waals surface area contributed by atoms with Gasteiger partial charge in [-0.05, 0) is 37.5 Å². The molecule has 1 aromatic rings. The van der Waals surface area contributed by atoms with Crippen LogP contribution in [0.25, 0.3) is 0 Å². The lowest BCUT2D eigenvalue weighted by atomic mass is 9.81. The zero-order valence-corrected chi connectivity index (χ0v) is 14.9. The van der Waals surface area contributed by atoms with E-state index in [0.29, 0.717) is 18.4 Å². The number of amides is 2. The van der Waals surface area contributed by atoms with Gasteiger partial charge < -0.3 is 9.47 Å². The number of methoxy groups -OCH3 is 1. The van der Waals surface area contributed by atoms with Gasteiger partial charge in [0.15, 0.2) is 11.6 Å². The second-order valence-corrected chi connectivity index (χ2v) is 6.80. The van der Waals surface area contributed by atoms with Crippen LogP contribution in [-0.4, -0.2) is 35.8 Å². The lowest BCUT2D eigenvalue weighted by Gasteiger charge is -2.21. The fourth-order valence-electron chi connectivity index (χ4n) is 3.75. The Morgan fingerprint density at radius 2 is 1.85 bits per heavy atom. The van der Waals surface area contributed by atoms with E-state index >= 15 is 0 Å². The Balaban J connectivity index is 1.63. The summed E-state index contributed by atoms with van der Waals surface area (Å²) < 4.78 is 23.7. The minimum Gasteiger partial charge on any atom is -0.494 e. The number of hydrogen-bond acceptors (Lipinski definition) is 5. The van der Waals surface area contributed by atoms with Crippen molar-refractivity contribution in [3.63, 3.8) is 0 Å². The van der Waals surface area contributed by atoms with Crippen LogP contribution in [0.1, 0.15) is 38.2 Å². The van der Waals surface area contributed by atoms with E-state index in [-0.39, 0.29) is 36.0 Å². The van der Waals surface area contributed by atoms with Gasteiger partial charge in [-0.2, -0.15) is 0 Å². The summed E-state index contributed by atoms with van der Waals surface area (Å²) in [6.45, 7) is 1.34. The Labute approximate surface area is 151 Å². The van der Waals surface area contributed by atoms with Gasteiger partial charge in [0, 0.05) is 0 Å². The smallest absolute Gasteiger partial charge is 0.329 e. The zero-order chi connectivity index (χ0) is 18.8. The average Bonchev–Trinajstić information content (AvgIpc) is 2.90. The molecule has 3 atom stereocenters. The first-order valence-corrected chi connectivity index (χ1v) is 8.80. The number of likely N-dealkylation sites (tertiary alicyclic amines) is 1. The van der Waals surface area contributed by atoms with Crippen molar-refractivity contribution in [3.8, 4) is 5.75 Å². The van der Waals surface area contributed by atoms with Gasteiger partial charge in [-0.3, -0.25) is 14.5 Å². The minimum atomic E-state index is -0.983. The lowest BCUT2D eigenvalue weighted by Crippen LogP contribution is -2.44. The second kappa shape index (κ2) is 7.43. The summed E-state index contributed by atoms with van der Waals surface area (Å²) >= 11 is 0. The Bertz CT molecular complexity index is 711. The van der Waals surface area contributed by atoms with Crippen LogP contribution in [-0.2, 0) is 25.7 Å². The standard InChI is InChI=1S/C19H22FNO5/c1-11(21-17(22)13-5-3-4-6-14(13)18(21)23)19(24)26-10-12-7-8-16(25-2)15(20)9-12/h7-9,11,13-14H,3-6,10H2,1-2H3/t11-,13-,14+/m0/s1. The summed E-state index contributed by atoms with van der Waals surface area (Å²) in [4.78, 5) is 38.4. The molecule has 0 N–H and O–H groups in total. The second-order valence-electron chi connectivity index (χ2n) is 6.80. The summed E-state index contributed by atoms with van der Waals surface area (Å²) in [6, 6.07) is 3.27. The van der Waals surface area contributed by atoms with Gasteiger partial charge in [-0.25, -0.2) is 9.18 Å². The first-order chi connectivity index (χ1) is 12.4. The van der Waals surface area contributed by atoms with E-state index in [1.54, 1.807) is 6.07 Å². The summed E-state index contributed by atoms with van der Waals surface area (Å²) in [6.07, 6.45) is 3.24. The molecule has 0 bridgehead atoms. The van der Waals surface area contributed by atoms with Gasteiger partial charge in [0.1, 0.15) is 12.6 Å². The number of benzene rings is 1. The molecule has 140 valence electrons. The van der Waals surface area contributed by atoms with Crippen LogP contribution in [0.4, 0.5) is 4.39 Å². The Morgan fingerprint density at radius 3 is 2.38 bits per heavy atom. The quantitative estimate of drug-likeness (QED) is 0.593. The average molecular weight is 363 g/mol. The highest BCUT2D eigenvalue weighted by Crippen LogP contribution is 2.38. The molecule has 0 radical (unpaired) electrons. The number of ether oxygens (including phenoxy) is 2. The Hall–Kier alpha value is -2.44. The molecule has 7 heteroatoms. The van der Waals surface area contributed by atoms with E-state index in [1.807, 2.05) is 0 Å². The fourth-order valence-corrected chi connectivity index (χ4v) is 3.75. The number of nitrogens with zero attached hydrogens (tertiary/aromatic N) is 1. The third-order valence-corrected chi connectivity index (χ3v) is 5.20. The molecule has 1 aliphatic carbocycles. The fraction of sp³-hybridized carbons (Fsp3) is 0.526. The van der Waals surface area contributed by atoms with Gasteiger partial charge in [0.25, 0.3) is 0 Å². The third-order valence-electron chi connectivity index (χ3n) is 5.20. The predicted octanol–water partition coefficient (Wildman–Crippen LogP) is 2.44. The number of imide groups is 1. The molecule has 2 aliphatic rings. The number of esters is 1. The topological polar surface area (TPSA) is 72.9 Å². The van der Waals surface area contributed by atoms with Crippen LogP contribution >= 0.6 is 0 Å². The van der Waals surface area contributed by atoms with Gasteiger partial charge >= 0.3 is 5.97 Å². The van der Waals surface area contributed by atoms with E-state index in [1.165, 1.54) is 26.2 Å². The van der Waals surface area contributed by atoms with Gasteiger partial charge in [-0.15, -0.1) is 0 Å². The first-order valence-electron chi connectivity index (χ1n) is 8.80. The number of carbonyl (C=O) groups is 3. The van der Waals surface area contributed by atoms with E-state index < -0.39 is 17.8 Å². The molecule has 0 unspecified atom stereocenters. The number of hydrogen-bond donors (Lipinski definition) is 0. The molecule has 1 saturated carbocycles. The Kier molecular flexibility index (Phi) is 5.25. The molecule has 26 heavy (non-hydrogen) atoms. The van der Waals surface area contributed by atoms with Gasteiger partial charge in [0.2, 0.25) is 11.8 Å². The normalized spacial score (nSPS) is 23.6. The number of halogens is 1. The highest BCUT2D eigenvalue weighted by Gasteiger charge is 2.51. The van der Waals surface area contributed by atoms with E-state index in [2.05, 4.69) is 0 Å². The molecule has 0 spiro atoms. The van der Waals surface area contributed by atoms with E-state index in [4.69, 9.17) is 9.47 Å². The predicted molar refractivity (Wildman–Crippen MR) is 89.5 cm³/mol. The van der Waals surface area contributed by atoms with Crippen LogP contribution in [0.5, 0.6) is 5.75 Å². The summed E-state index contributed by atoms with van der Waals surface area (Å²) in [5.41, 5.74) is 0.455. The monoisotopic (exact) mass is 363 g/mol. The SMILES string of the molecule is COc1ccc(COC(=O)[C@H](C)N2C(=O)[C@H]3CCCC[C@H]3C2=O)cc1F. The molecule has 3 rings (SSSR count). The van der Waals surface area contributed by atoms with Crippen molar-refractivity contribution < 1.29 is 28.2 Å². The molecular weight excluding hydrogens is 341 g/mol. The highest BCUT2D eigenvalue weighted by atomic mass is 19.1. The lowest BCUT2D eigenvalue weighted by molar-refractivity contribution is -0.159. The zero-order valence-electron chi connectivity index (χ0n) is 14.9. The van der Waals surface area contributed by atoms with Crippen LogP contribution < -0.4 is 4.74 Å². The van der Waals surface area contributed by atoms with Crippen LogP contribution in [0, 0.1) is 17.7 Å². The number of fused-ring (bicyclic) bond motifs is 1. The first kappa shape index (κ1) is 18.4. The van der Waals surface area contributed by atoms with Crippen molar-refractivity contribution in [2.24, 2.45) is 11.8 Å². The van der Waals surface area contributed by atoms with Crippen molar-refractivity contribution in [2.75, 3.05) is 7.11 Å².